The Hall–Kier alpha value is -1.22. The third-order valence-electron chi connectivity index (χ3n) is 2.86. The molecule has 18 heavy (non-hydrogen) atoms. The lowest BCUT2D eigenvalue weighted by atomic mass is 10.1. The van der Waals surface area contributed by atoms with Crippen molar-refractivity contribution in [2.24, 2.45) is 5.92 Å². The summed E-state index contributed by atoms with van der Waals surface area (Å²) >= 11 is 1.72. The predicted molar refractivity (Wildman–Crippen MR) is 79.5 cm³/mol. The van der Waals surface area contributed by atoms with Gasteiger partial charge in [-0.05, 0) is 24.7 Å². The lowest BCUT2D eigenvalue weighted by Gasteiger charge is -2.04. The van der Waals surface area contributed by atoms with E-state index >= 15 is 0 Å². The monoisotopic (exact) mass is 261 g/mol. The van der Waals surface area contributed by atoms with Crippen molar-refractivity contribution >= 4 is 28.4 Å². The fraction of sp³-hybridized carbons (Fsp3) is 0.400. The molecule has 0 amide bonds. The van der Waals surface area contributed by atoms with Crippen molar-refractivity contribution in [2.45, 2.75) is 20.8 Å². The van der Waals surface area contributed by atoms with Crippen molar-refractivity contribution in [1.29, 1.82) is 0 Å². The molecular formula is C15H19NOS. The first-order valence-electron chi connectivity index (χ1n) is 6.28. The van der Waals surface area contributed by atoms with Crippen LogP contribution in [0.3, 0.4) is 0 Å². The van der Waals surface area contributed by atoms with Crippen molar-refractivity contribution in [3.8, 4) is 0 Å². The molecular weight excluding hydrogens is 242 g/mol. The number of carbonyl (C=O) groups is 1. The van der Waals surface area contributed by atoms with E-state index in [1.807, 2.05) is 31.2 Å². The molecule has 0 saturated carbocycles. The van der Waals surface area contributed by atoms with Gasteiger partial charge in [-0.2, -0.15) is 11.8 Å². The van der Waals surface area contributed by atoms with Crippen LogP contribution >= 0.6 is 11.8 Å². The van der Waals surface area contributed by atoms with Crippen LogP contribution < -0.4 is 0 Å². The van der Waals surface area contributed by atoms with Crippen LogP contribution in [0.5, 0.6) is 0 Å². The third-order valence-corrected chi connectivity index (χ3v) is 4.23. The summed E-state index contributed by atoms with van der Waals surface area (Å²) in [6, 6.07) is 7.99. The van der Waals surface area contributed by atoms with Gasteiger partial charge in [-0.1, -0.05) is 32.0 Å². The van der Waals surface area contributed by atoms with E-state index in [1.165, 1.54) is 0 Å². The highest BCUT2D eigenvalue weighted by atomic mass is 32.2. The SMILES string of the molecule is Cc1[nH]c2ccccc2c1C(=O)CSCC(C)C. The van der Waals surface area contributed by atoms with E-state index in [1.54, 1.807) is 11.8 Å². The third kappa shape index (κ3) is 2.78. The number of thioether (sulfide) groups is 1. The van der Waals surface area contributed by atoms with Gasteiger partial charge in [0.05, 0.1) is 5.75 Å². The van der Waals surface area contributed by atoms with Crippen LogP contribution in [0, 0.1) is 12.8 Å². The molecule has 0 fully saturated rings. The van der Waals surface area contributed by atoms with Crippen LogP contribution in [0.2, 0.25) is 0 Å². The molecule has 0 aliphatic rings. The molecule has 0 radical (unpaired) electrons. The zero-order valence-electron chi connectivity index (χ0n) is 11.1. The maximum absolute atomic E-state index is 12.3. The van der Waals surface area contributed by atoms with Crippen LogP contribution in [0.4, 0.5) is 0 Å². The highest BCUT2D eigenvalue weighted by molar-refractivity contribution is 7.99. The zero-order valence-corrected chi connectivity index (χ0v) is 11.9. The van der Waals surface area contributed by atoms with Gasteiger partial charge in [0.1, 0.15) is 0 Å². The van der Waals surface area contributed by atoms with Crippen LogP contribution in [-0.2, 0) is 0 Å². The zero-order chi connectivity index (χ0) is 13.1. The number of rotatable bonds is 5. The van der Waals surface area contributed by atoms with Gasteiger partial charge in [0, 0.05) is 22.2 Å². The number of benzene rings is 1. The van der Waals surface area contributed by atoms with Crippen molar-refractivity contribution in [1.82, 2.24) is 4.98 Å². The molecule has 0 aliphatic heterocycles. The molecule has 0 atom stereocenters. The second-order valence-corrected chi connectivity index (χ2v) is 6.03. The smallest absolute Gasteiger partial charge is 0.175 e. The Morgan fingerprint density at radius 1 is 1.33 bits per heavy atom. The molecule has 0 bridgehead atoms. The molecule has 0 saturated heterocycles. The first kappa shape index (κ1) is 13.2. The highest BCUT2D eigenvalue weighted by Crippen LogP contribution is 2.23. The summed E-state index contributed by atoms with van der Waals surface area (Å²) in [6.07, 6.45) is 0. The maximum Gasteiger partial charge on any atom is 0.175 e. The Balaban J connectivity index is 2.19. The minimum atomic E-state index is 0.232. The molecule has 0 spiro atoms. The predicted octanol–water partition coefficient (Wildman–Crippen LogP) is 4.05. The van der Waals surface area contributed by atoms with Gasteiger partial charge in [-0.15, -0.1) is 0 Å². The van der Waals surface area contributed by atoms with Crippen LogP contribution in [-0.4, -0.2) is 22.3 Å². The lowest BCUT2D eigenvalue weighted by Crippen LogP contribution is -2.05. The molecule has 0 unspecified atom stereocenters. The molecule has 1 N–H and O–H groups in total. The maximum atomic E-state index is 12.3. The summed E-state index contributed by atoms with van der Waals surface area (Å²) in [6.45, 7) is 6.32. The van der Waals surface area contributed by atoms with Gasteiger partial charge in [0.15, 0.2) is 5.78 Å². The molecule has 1 aromatic heterocycles. The number of aromatic amines is 1. The summed E-state index contributed by atoms with van der Waals surface area (Å²) in [5, 5.41) is 1.05. The Morgan fingerprint density at radius 2 is 2.06 bits per heavy atom. The Kier molecular flexibility index (Phi) is 4.12. The summed E-state index contributed by atoms with van der Waals surface area (Å²) < 4.78 is 0. The number of fused-ring (bicyclic) bond motifs is 1. The van der Waals surface area contributed by atoms with Crippen LogP contribution in [0.25, 0.3) is 10.9 Å². The number of Topliss-reactive ketones (excluding diaryl/α,β-unsaturated/α-hetero) is 1. The number of H-pyrrole nitrogens is 1. The van der Waals surface area contributed by atoms with E-state index < -0.39 is 0 Å². The number of aryl methyl sites for hydroxylation is 1. The van der Waals surface area contributed by atoms with Gasteiger partial charge in [-0.25, -0.2) is 0 Å². The van der Waals surface area contributed by atoms with Crippen LogP contribution in [0.15, 0.2) is 24.3 Å². The van der Waals surface area contributed by atoms with Gasteiger partial charge >= 0.3 is 0 Å². The topological polar surface area (TPSA) is 32.9 Å². The molecule has 1 heterocycles. The number of para-hydroxylation sites is 1. The van der Waals surface area contributed by atoms with E-state index in [0.29, 0.717) is 11.7 Å². The largest absolute Gasteiger partial charge is 0.358 e. The van der Waals surface area contributed by atoms with Gasteiger partial charge in [0.2, 0.25) is 0 Å². The van der Waals surface area contributed by atoms with E-state index in [9.17, 15) is 4.79 Å². The molecule has 96 valence electrons. The normalized spacial score (nSPS) is 11.3. The molecule has 1 aromatic carbocycles. The average molecular weight is 261 g/mol. The summed E-state index contributed by atoms with van der Waals surface area (Å²) in [5.41, 5.74) is 2.89. The number of aromatic nitrogens is 1. The summed E-state index contributed by atoms with van der Waals surface area (Å²) in [7, 11) is 0. The fourth-order valence-electron chi connectivity index (χ4n) is 2.10. The minimum absolute atomic E-state index is 0.232. The van der Waals surface area contributed by atoms with Crippen molar-refractivity contribution in [2.75, 3.05) is 11.5 Å². The summed E-state index contributed by atoms with van der Waals surface area (Å²) in [5.74, 6) is 2.47. The number of hydrogen-bond donors (Lipinski definition) is 1. The second kappa shape index (κ2) is 5.61. The van der Waals surface area contributed by atoms with Crippen molar-refractivity contribution in [3.05, 3.63) is 35.5 Å². The quantitative estimate of drug-likeness (QED) is 0.824. The minimum Gasteiger partial charge on any atom is -0.358 e. The Bertz CT molecular complexity index is 557. The molecule has 2 nitrogen and oxygen atoms in total. The standard InChI is InChI=1S/C15H19NOS/c1-10(2)8-18-9-14(17)15-11(3)16-13-7-5-4-6-12(13)15/h4-7,10,16H,8-9H2,1-3H3. The molecule has 2 rings (SSSR count). The fourth-order valence-corrected chi connectivity index (χ4v) is 3.01. The molecule has 0 aliphatic carbocycles. The van der Waals surface area contributed by atoms with Gasteiger partial charge in [-0.3, -0.25) is 4.79 Å². The second-order valence-electron chi connectivity index (χ2n) is 5.00. The number of hydrogen-bond acceptors (Lipinski definition) is 2. The van der Waals surface area contributed by atoms with E-state index in [-0.39, 0.29) is 5.78 Å². The Labute approximate surface area is 112 Å². The first-order chi connectivity index (χ1) is 8.59. The van der Waals surface area contributed by atoms with E-state index in [4.69, 9.17) is 0 Å². The first-order valence-corrected chi connectivity index (χ1v) is 7.43. The van der Waals surface area contributed by atoms with Gasteiger partial charge in [0.25, 0.3) is 0 Å². The van der Waals surface area contributed by atoms with Crippen molar-refractivity contribution in [3.63, 3.8) is 0 Å². The highest BCUT2D eigenvalue weighted by Gasteiger charge is 2.15. The lowest BCUT2D eigenvalue weighted by molar-refractivity contribution is 0.102. The summed E-state index contributed by atoms with van der Waals surface area (Å²) in [4.78, 5) is 15.6. The molecule has 3 heteroatoms. The van der Waals surface area contributed by atoms with Crippen molar-refractivity contribution < 1.29 is 4.79 Å². The van der Waals surface area contributed by atoms with E-state index in [0.717, 1.165) is 27.9 Å². The number of nitrogens with one attached hydrogen (secondary N) is 1. The van der Waals surface area contributed by atoms with E-state index in [2.05, 4.69) is 18.8 Å². The number of ketones is 1. The number of carbonyl (C=O) groups excluding carboxylic acids is 1. The molecule has 2 aromatic rings. The Morgan fingerprint density at radius 3 is 2.78 bits per heavy atom. The average Bonchev–Trinajstić information content (AvgIpc) is 2.64. The van der Waals surface area contributed by atoms with Gasteiger partial charge < -0.3 is 4.98 Å². The van der Waals surface area contributed by atoms with Crippen LogP contribution in [0.1, 0.15) is 29.9 Å².